The van der Waals surface area contributed by atoms with Gasteiger partial charge in [-0.3, -0.25) is 4.79 Å². The van der Waals surface area contributed by atoms with Crippen LogP contribution in [0.4, 0.5) is 0 Å². The Kier molecular flexibility index (Phi) is 7.26. The van der Waals surface area contributed by atoms with E-state index in [9.17, 15) is 14.4 Å². The molecule has 1 aliphatic rings. The molecule has 0 saturated carbocycles. The van der Waals surface area contributed by atoms with Crippen LogP contribution in [0.15, 0.2) is 22.9 Å². The van der Waals surface area contributed by atoms with E-state index < -0.39 is 5.97 Å². The van der Waals surface area contributed by atoms with Crippen LogP contribution in [0.25, 0.3) is 0 Å². The summed E-state index contributed by atoms with van der Waals surface area (Å²) in [5.41, 5.74) is 0.978. The zero-order valence-corrected chi connectivity index (χ0v) is 15.2. The van der Waals surface area contributed by atoms with Gasteiger partial charge in [0.05, 0.1) is 48.3 Å². The summed E-state index contributed by atoms with van der Waals surface area (Å²) in [6, 6.07) is 3.25. The van der Waals surface area contributed by atoms with E-state index in [0.29, 0.717) is 35.5 Å². The van der Waals surface area contributed by atoms with Crippen molar-refractivity contribution in [2.45, 2.75) is 6.29 Å². The van der Waals surface area contributed by atoms with Crippen molar-refractivity contribution in [3.05, 3.63) is 43.8 Å². The molecule has 134 valence electrons. The monoisotopic (exact) mass is 384 g/mol. The second-order valence-electron chi connectivity index (χ2n) is 4.65. The number of methoxy groups -OCH3 is 2. The molecule has 1 aliphatic heterocycles. The molecule has 0 aromatic carbocycles. The lowest BCUT2D eigenvalue weighted by Gasteiger charge is -2.04. The van der Waals surface area contributed by atoms with Gasteiger partial charge in [-0.05, 0) is 12.1 Å². The molecule has 0 amide bonds. The Labute approximate surface area is 152 Å². The van der Waals surface area contributed by atoms with E-state index in [4.69, 9.17) is 9.47 Å². The van der Waals surface area contributed by atoms with Gasteiger partial charge in [0.25, 0.3) is 0 Å². The number of esters is 2. The summed E-state index contributed by atoms with van der Waals surface area (Å²) in [5.74, 6) is -0.736. The van der Waals surface area contributed by atoms with Gasteiger partial charge < -0.3 is 18.9 Å². The molecule has 2 aromatic rings. The quantitative estimate of drug-likeness (QED) is 0.591. The van der Waals surface area contributed by atoms with Crippen LogP contribution < -0.4 is 0 Å². The Morgan fingerprint density at radius 3 is 2.12 bits per heavy atom. The molecule has 25 heavy (non-hydrogen) atoms. The average Bonchev–Trinajstić information content (AvgIpc) is 3.40. The molecule has 1 fully saturated rings. The molecule has 3 rings (SSSR count). The van der Waals surface area contributed by atoms with Crippen LogP contribution in [0.5, 0.6) is 0 Å². The molecule has 9 heteroatoms. The number of carbonyl (C=O) groups is 3. The fourth-order valence-corrected chi connectivity index (χ4v) is 3.41. The first kappa shape index (κ1) is 19.3. The summed E-state index contributed by atoms with van der Waals surface area (Å²) in [4.78, 5) is 33.6. The molecule has 1 saturated heterocycles. The van der Waals surface area contributed by atoms with E-state index in [1.807, 2.05) is 0 Å². The van der Waals surface area contributed by atoms with E-state index in [1.165, 1.54) is 43.0 Å². The maximum absolute atomic E-state index is 11.1. The highest BCUT2D eigenvalue weighted by molar-refractivity contribution is 7.12. The number of aldehydes is 1. The molecule has 7 nitrogen and oxygen atoms in total. The minimum Gasteiger partial charge on any atom is -0.465 e. The van der Waals surface area contributed by atoms with Crippen LogP contribution in [0.3, 0.4) is 0 Å². The standard InChI is InChI=1S/C9H10O4S.C7H6O3S/c1-11-8(10)6-4-7(14-5-6)9-12-2-3-13-9;1-10-7(9)5-2-6(3-8)11-4-5/h4-5,9H,2-3H2,1H3;2-4H,1H3. The van der Waals surface area contributed by atoms with Crippen LogP contribution >= 0.6 is 22.7 Å². The summed E-state index contributed by atoms with van der Waals surface area (Å²) in [6.07, 6.45) is 0.398. The molecule has 0 atom stereocenters. The third-order valence-corrected chi connectivity index (χ3v) is 4.86. The zero-order chi connectivity index (χ0) is 18.2. The first-order valence-electron chi connectivity index (χ1n) is 7.11. The van der Waals surface area contributed by atoms with Crippen LogP contribution in [-0.2, 0) is 18.9 Å². The molecule has 3 heterocycles. The largest absolute Gasteiger partial charge is 0.465 e. The third kappa shape index (κ3) is 5.20. The molecule has 0 radical (unpaired) electrons. The number of hydrogen-bond donors (Lipinski definition) is 0. The molecule has 2 aromatic heterocycles. The van der Waals surface area contributed by atoms with Gasteiger partial charge in [-0.25, -0.2) is 9.59 Å². The minimum absolute atomic E-state index is 0.307. The van der Waals surface area contributed by atoms with Gasteiger partial charge in [0.1, 0.15) is 0 Å². The Balaban J connectivity index is 0.000000186. The van der Waals surface area contributed by atoms with Gasteiger partial charge in [0, 0.05) is 10.8 Å². The summed E-state index contributed by atoms with van der Waals surface area (Å²) < 4.78 is 19.6. The van der Waals surface area contributed by atoms with Crippen molar-refractivity contribution < 1.29 is 33.3 Å². The lowest BCUT2D eigenvalue weighted by molar-refractivity contribution is -0.0413. The number of carbonyl (C=O) groups excluding carboxylic acids is 3. The summed E-state index contributed by atoms with van der Waals surface area (Å²) in [7, 11) is 2.67. The van der Waals surface area contributed by atoms with Crippen molar-refractivity contribution in [1.29, 1.82) is 0 Å². The number of thiophene rings is 2. The molecule has 0 N–H and O–H groups in total. The van der Waals surface area contributed by atoms with Crippen molar-refractivity contribution in [1.82, 2.24) is 0 Å². The molecule has 0 bridgehead atoms. The predicted molar refractivity (Wildman–Crippen MR) is 91.3 cm³/mol. The van der Waals surface area contributed by atoms with Crippen LogP contribution in [-0.4, -0.2) is 45.7 Å². The van der Waals surface area contributed by atoms with Gasteiger partial charge in [-0.1, -0.05) is 0 Å². The van der Waals surface area contributed by atoms with Gasteiger partial charge >= 0.3 is 11.9 Å². The van der Waals surface area contributed by atoms with E-state index in [2.05, 4.69) is 9.47 Å². The first-order valence-corrected chi connectivity index (χ1v) is 8.87. The van der Waals surface area contributed by atoms with Crippen molar-refractivity contribution in [3.63, 3.8) is 0 Å². The van der Waals surface area contributed by atoms with E-state index in [-0.39, 0.29) is 12.3 Å². The van der Waals surface area contributed by atoms with E-state index >= 15 is 0 Å². The number of hydrogen-bond acceptors (Lipinski definition) is 9. The van der Waals surface area contributed by atoms with Crippen molar-refractivity contribution in [3.8, 4) is 0 Å². The Bertz CT molecular complexity index is 728. The number of rotatable bonds is 4. The summed E-state index contributed by atoms with van der Waals surface area (Å²) >= 11 is 2.66. The highest BCUT2D eigenvalue weighted by Crippen LogP contribution is 2.29. The fraction of sp³-hybridized carbons (Fsp3) is 0.312. The molecular weight excluding hydrogens is 368 g/mol. The maximum atomic E-state index is 11.1. The van der Waals surface area contributed by atoms with Gasteiger partial charge in [0.15, 0.2) is 12.6 Å². The van der Waals surface area contributed by atoms with Crippen molar-refractivity contribution in [2.75, 3.05) is 27.4 Å². The highest BCUT2D eigenvalue weighted by atomic mass is 32.1. The van der Waals surface area contributed by atoms with Gasteiger partial charge in [-0.15, -0.1) is 22.7 Å². The van der Waals surface area contributed by atoms with E-state index in [0.717, 1.165) is 4.88 Å². The zero-order valence-electron chi connectivity index (χ0n) is 13.6. The molecule has 0 spiro atoms. The first-order chi connectivity index (χ1) is 12.1. The molecule has 0 unspecified atom stereocenters. The Morgan fingerprint density at radius 1 is 1.04 bits per heavy atom. The maximum Gasteiger partial charge on any atom is 0.338 e. The van der Waals surface area contributed by atoms with Crippen LogP contribution in [0.1, 0.15) is 41.6 Å². The summed E-state index contributed by atoms with van der Waals surface area (Å²) in [5, 5.41) is 3.34. The SMILES string of the molecule is COC(=O)c1csc(C2OCCO2)c1.COC(=O)c1csc(C=O)c1. The normalized spacial score (nSPS) is 13.7. The lowest BCUT2D eigenvalue weighted by Crippen LogP contribution is -1.99. The van der Waals surface area contributed by atoms with Gasteiger partial charge in [0.2, 0.25) is 0 Å². The van der Waals surface area contributed by atoms with Crippen molar-refractivity contribution >= 4 is 40.9 Å². The van der Waals surface area contributed by atoms with Crippen LogP contribution in [0.2, 0.25) is 0 Å². The average molecular weight is 384 g/mol. The molecule has 0 aliphatic carbocycles. The number of ether oxygens (including phenoxy) is 4. The van der Waals surface area contributed by atoms with Crippen LogP contribution in [0, 0.1) is 0 Å². The Morgan fingerprint density at radius 2 is 1.60 bits per heavy atom. The molecular formula is C16H16O7S2. The van der Waals surface area contributed by atoms with Crippen molar-refractivity contribution in [2.24, 2.45) is 0 Å². The van der Waals surface area contributed by atoms with Gasteiger partial charge in [-0.2, -0.15) is 0 Å². The minimum atomic E-state index is -0.408. The second-order valence-corrected chi connectivity index (χ2v) is 6.54. The Hall–Kier alpha value is -2.07. The predicted octanol–water partition coefficient (Wildman–Crippen LogP) is 2.93. The lowest BCUT2D eigenvalue weighted by atomic mass is 10.3. The summed E-state index contributed by atoms with van der Waals surface area (Å²) in [6.45, 7) is 1.21. The highest BCUT2D eigenvalue weighted by Gasteiger charge is 2.21. The second kappa shape index (κ2) is 9.42. The van der Waals surface area contributed by atoms with E-state index in [1.54, 1.807) is 16.8 Å². The smallest absolute Gasteiger partial charge is 0.338 e. The fourth-order valence-electron chi connectivity index (χ4n) is 1.86. The topological polar surface area (TPSA) is 88.1 Å². The third-order valence-electron chi connectivity index (χ3n) is 3.05.